The van der Waals surface area contributed by atoms with Gasteiger partial charge in [-0.3, -0.25) is 4.79 Å². The summed E-state index contributed by atoms with van der Waals surface area (Å²) >= 11 is 0. The molecule has 0 aromatic heterocycles. The van der Waals surface area contributed by atoms with Crippen LogP contribution in [0.3, 0.4) is 0 Å². The fraction of sp³-hybridized carbons (Fsp3) is 0.533. The van der Waals surface area contributed by atoms with E-state index < -0.39 is 6.04 Å². The Morgan fingerprint density at radius 2 is 2.05 bits per heavy atom. The maximum Gasteiger partial charge on any atom is 0.239 e. The molecule has 1 rings (SSSR count). The molecule has 1 atom stereocenters. The highest BCUT2D eigenvalue weighted by atomic mass is 16.5. The third-order valence-corrected chi connectivity index (χ3v) is 3.10. The molecule has 1 unspecified atom stereocenters. The molecule has 0 saturated carbocycles. The van der Waals surface area contributed by atoms with E-state index in [0.717, 1.165) is 11.3 Å². The lowest BCUT2D eigenvalue weighted by Gasteiger charge is -2.21. The van der Waals surface area contributed by atoms with Crippen molar-refractivity contribution in [3.05, 3.63) is 29.8 Å². The van der Waals surface area contributed by atoms with Crippen molar-refractivity contribution in [3.8, 4) is 5.75 Å². The molecule has 0 bridgehead atoms. The molecule has 0 heterocycles. The van der Waals surface area contributed by atoms with E-state index in [-0.39, 0.29) is 5.91 Å². The first-order valence-corrected chi connectivity index (χ1v) is 6.74. The van der Waals surface area contributed by atoms with E-state index >= 15 is 0 Å². The van der Waals surface area contributed by atoms with Gasteiger partial charge in [0.2, 0.25) is 5.91 Å². The van der Waals surface area contributed by atoms with Crippen LogP contribution < -0.4 is 10.5 Å². The zero-order valence-electron chi connectivity index (χ0n) is 12.5. The van der Waals surface area contributed by atoms with E-state index in [4.69, 9.17) is 15.2 Å². The van der Waals surface area contributed by atoms with Crippen LogP contribution in [0.25, 0.3) is 0 Å². The number of rotatable bonds is 8. The number of carbonyl (C=O) groups is 1. The Kier molecular flexibility index (Phi) is 7.04. The number of hydrogen-bond acceptors (Lipinski definition) is 4. The molecule has 0 aliphatic carbocycles. The Hall–Kier alpha value is -1.59. The van der Waals surface area contributed by atoms with Crippen LogP contribution >= 0.6 is 0 Å². The van der Waals surface area contributed by atoms with Gasteiger partial charge in [-0.1, -0.05) is 18.2 Å². The molecular formula is C15H24N2O3. The summed E-state index contributed by atoms with van der Waals surface area (Å²) in [5.74, 6) is 0.757. The van der Waals surface area contributed by atoms with Crippen LogP contribution in [0.15, 0.2) is 24.3 Å². The van der Waals surface area contributed by atoms with Crippen molar-refractivity contribution < 1.29 is 14.3 Å². The first-order chi connectivity index (χ1) is 9.56. The van der Waals surface area contributed by atoms with E-state index in [0.29, 0.717) is 26.2 Å². The van der Waals surface area contributed by atoms with Crippen LogP contribution in [-0.2, 0) is 9.53 Å². The van der Waals surface area contributed by atoms with E-state index in [1.165, 1.54) is 0 Å². The van der Waals surface area contributed by atoms with Gasteiger partial charge in [0.1, 0.15) is 12.4 Å². The highest BCUT2D eigenvalue weighted by Crippen LogP contribution is 2.15. The van der Waals surface area contributed by atoms with Gasteiger partial charge in [0.15, 0.2) is 0 Å². The van der Waals surface area contributed by atoms with Gasteiger partial charge in [-0.15, -0.1) is 0 Å². The predicted octanol–water partition coefficient (Wildman–Crippen LogP) is 1.20. The van der Waals surface area contributed by atoms with Gasteiger partial charge in [0.05, 0.1) is 12.6 Å². The second kappa shape index (κ2) is 8.55. The number of aryl methyl sites for hydroxylation is 1. The van der Waals surface area contributed by atoms with Crippen molar-refractivity contribution in [2.24, 2.45) is 5.73 Å². The molecule has 0 aliphatic heterocycles. The largest absolute Gasteiger partial charge is 0.491 e. The normalized spacial score (nSPS) is 12.0. The second-order valence-electron chi connectivity index (χ2n) is 4.76. The van der Waals surface area contributed by atoms with Crippen molar-refractivity contribution >= 4 is 5.91 Å². The molecule has 5 nitrogen and oxygen atoms in total. The van der Waals surface area contributed by atoms with E-state index in [1.807, 2.05) is 31.2 Å². The number of likely N-dealkylation sites (N-methyl/N-ethyl adjacent to an activating group) is 1. The summed E-state index contributed by atoms with van der Waals surface area (Å²) in [6, 6.07) is 7.29. The molecule has 0 aliphatic rings. The second-order valence-corrected chi connectivity index (χ2v) is 4.76. The first-order valence-electron chi connectivity index (χ1n) is 6.74. The summed E-state index contributed by atoms with van der Waals surface area (Å²) in [6.45, 7) is 3.43. The topological polar surface area (TPSA) is 64.8 Å². The fourth-order valence-corrected chi connectivity index (χ4v) is 1.77. The first kappa shape index (κ1) is 16.5. The standard InChI is InChI=1S/C15H24N2O3/c1-12-6-4-5-7-14(12)20-11-9-17(2)15(18)13(16)8-10-19-3/h4-7,13H,8-11,16H2,1-3H3. The molecule has 1 aromatic carbocycles. The predicted molar refractivity (Wildman–Crippen MR) is 78.8 cm³/mol. The van der Waals surface area contributed by atoms with Crippen LogP contribution in [0.4, 0.5) is 0 Å². The maximum absolute atomic E-state index is 11.9. The summed E-state index contributed by atoms with van der Waals surface area (Å²) in [4.78, 5) is 13.5. The average molecular weight is 280 g/mol. The number of methoxy groups -OCH3 is 1. The molecule has 2 N–H and O–H groups in total. The van der Waals surface area contributed by atoms with Gasteiger partial charge < -0.3 is 20.1 Å². The quantitative estimate of drug-likeness (QED) is 0.777. The van der Waals surface area contributed by atoms with Crippen molar-refractivity contribution in [2.45, 2.75) is 19.4 Å². The lowest BCUT2D eigenvalue weighted by atomic mass is 10.2. The number of ether oxygens (including phenoxy) is 2. The molecule has 0 radical (unpaired) electrons. The lowest BCUT2D eigenvalue weighted by Crippen LogP contribution is -2.43. The number of hydrogen-bond donors (Lipinski definition) is 1. The summed E-state index contributed by atoms with van der Waals surface area (Å²) in [6.07, 6.45) is 0.526. The number of nitrogens with zero attached hydrogens (tertiary/aromatic N) is 1. The monoisotopic (exact) mass is 280 g/mol. The van der Waals surface area contributed by atoms with Crippen molar-refractivity contribution in [1.82, 2.24) is 4.90 Å². The molecule has 5 heteroatoms. The number of para-hydroxylation sites is 1. The van der Waals surface area contributed by atoms with Gasteiger partial charge in [-0.05, 0) is 25.0 Å². The minimum absolute atomic E-state index is 0.0876. The van der Waals surface area contributed by atoms with Crippen LogP contribution in [0.2, 0.25) is 0 Å². The van der Waals surface area contributed by atoms with E-state index in [2.05, 4.69) is 0 Å². The average Bonchev–Trinajstić information content (AvgIpc) is 2.45. The molecule has 20 heavy (non-hydrogen) atoms. The highest BCUT2D eigenvalue weighted by molar-refractivity contribution is 5.81. The number of amides is 1. The molecule has 1 amide bonds. The highest BCUT2D eigenvalue weighted by Gasteiger charge is 2.17. The van der Waals surface area contributed by atoms with Crippen molar-refractivity contribution in [1.29, 1.82) is 0 Å². The van der Waals surface area contributed by atoms with Crippen LogP contribution in [-0.4, -0.2) is 50.8 Å². The third kappa shape index (κ3) is 5.19. The number of benzene rings is 1. The van der Waals surface area contributed by atoms with Crippen LogP contribution in [0.5, 0.6) is 5.75 Å². The maximum atomic E-state index is 11.9. The molecule has 112 valence electrons. The Bertz CT molecular complexity index is 423. The lowest BCUT2D eigenvalue weighted by molar-refractivity contribution is -0.132. The van der Waals surface area contributed by atoms with Gasteiger partial charge in [-0.2, -0.15) is 0 Å². The summed E-state index contributed by atoms with van der Waals surface area (Å²) < 4.78 is 10.6. The Morgan fingerprint density at radius 3 is 2.70 bits per heavy atom. The summed E-state index contributed by atoms with van der Waals surface area (Å²) in [5, 5.41) is 0. The zero-order valence-corrected chi connectivity index (χ0v) is 12.5. The molecule has 1 aromatic rings. The number of carbonyl (C=O) groups excluding carboxylic acids is 1. The summed E-state index contributed by atoms with van der Waals surface area (Å²) in [5.41, 5.74) is 6.88. The van der Waals surface area contributed by atoms with Gasteiger partial charge in [0, 0.05) is 20.8 Å². The minimum Gasteiger partial charge on any atom is -0.491 e. The van der Waals surface area contributed by atoms with Gasteiger partial charge in [0.25, 0.3) is 0 Å². The Labute approximate surface area is 120 Å². The molecule has 0 saturated heterocycles. The molecular weight excluding hydrogens is 256 g/mol. The van der Waals surface area contributed by atoms with Crippen molar-refractivity contribution in [3.63, 3.8) is 0 Å². The molecule has 0 spiro atoms. The fourth-order valence-electron chi connectivity index (χ4n) is 1.77. The van der Waals surface area contributed by atoms with Gasteiger partial charge >= 0.3 is 0 Å². The van der Waals surface area contributed by atoms with Gasteiger partial charge in [-0.25, -0.2) is 0 Å². The zero-order chi connectivity index (χ0) is 15.0. The minimum atomic E-state index is -0.515. The van der Waals surface area contributed by atoms with Crippen LogP contribution in [0.1, 0.15) is 12.0 Å². The smallest absolute Gasteiger partial charge is 0.239 e. The SMILES string of the molecule is COCCC(N)C(=O)N(C)CCOc1ccccc1C. The van der Waals surface area contributed by atoms with Crippen LogP contribution in [0, 0.1) is 6.92 Å². The third-order valence-electron chi connectivity index (χ3n) is 3.10. The number of nitrogens with two attached hydrogens (primary N) is 1. The van der Waals surface area contributed by atoms with E-state index in [9.17, 15) is 4.79 Å². The molecule has 0 fully saturated rings. The van der Waals surface area contributed by atoms with E-state index in [1.54, 1.807) is 19.1 Å². The Balaban J connectivity index is 2.34. The Morgan fingerprint density at radius 1 is 1.35 bits per heavy atom. The van der Waals surface area contributed by atoms with Crippen molar-refractivity contribution in [2.75, 3.05) is 33.9 Å². The summed E-state index contributed by atoms with van der Waals surface area (Å²) in [7, 11) is 3.33.